The second kappa shape index (κ2) is 6.18. The summed E-state index contributed by atoms with van der Waals surface area (Å²) in [6.45, 7) is 2.39. The van der Waals surface area contributed by atoms with E-state index in [-0.39, 0.29) is 11.9 Å². The number of rotatable bonds is 2. The van der Waals surface area contributed by atoms with Gasteiger partial charge in [-0.1, -0.05) is 41.4 Å². The molecule has 0 fully saturated rings. The van der Waals surface area contributed by atoms with Crippen molar-refractivity contribution in [2.24, 2.45) is 0 Å². The van der Waals surface area contributed by atoms with Crippen LogP contribution in [0.5, 0.6) is 0 Å². The van der Waals surface area contributed by atoms with Gasteiger partial charge in [0.2, 0.25) is 0 Å². The van der Waals surface area contributed by atoms with Gasteiger partial charge >= 0.3 is 6.03 Å². The lowest BCUT2D eigenvalue weighted by Gasteiger charge is -2.31. The van der Waals surface area contributed by atoms with Crippen molar-refractivity contribution in [3.63, 3.8) is 0 Å². The van der Waals surface area contributed by atoms with Gasteiger partial charge in [-0.2, -0.15) is 0 Å². The van der Waals surface area contributed by atoms with E-state index in [0.29, 0.717) is 17.1 Å². The Labute approximate surface area is 156 Å². The molecule has 3 amide bonds. The standard InChI is InChI=1S/C20H18ClN3O2/c1-12-3-9-15(10-4-12)24-11-16-17(19(24)25)18(22-20(26)23(16)2)13-5-7-14(21)8-6-13/h3-10,18H,11H2,1-2H3,(H,22,26)/t18-/m1/s1. The Hall–Kier alpha value is -2.79. The molecule has 1 N–H and O–H groups in total. The molecule has 0 saturated heterocycles. The summed E-state index contributed by atoms with van der Waals surface area (Å²) >= 11 is 5.98. The SMILES string of the molecule is Cc1ccc(N2CC3=C(C2=O)[C@@H](c2ccc(Cl)cc2)NC(=O)N3C)cc1. The number of hydrogen-bond acceptors (Lipinski definition) is 2. The summed E-state index contributed by atoms with van der Waals surface area (Å²) in [5, 5.41) is 3.54. The Bertz CT molecular complexity index is 919. The number of urea groups is 1. The highest BCUT2D eigenvalue weighted by Gasteiger charge is 2.43. The molecule has 0 bridgehead atoms. The Morgan fingerprint density at radius 2 is 1.69 bits per heavy atom. The van der Waals surface area contributed by atoms with Crippen molar-refractivity contribution in [2.45, 2.75) is 13.0 Å². The fraction of sp³-hybridized carbons (Fsp3) is 0.200. The molecule has 2 aliphatic rings. The van der Waals surface area contributed by atoms with Gasteiger partial charge in [-0.05, 0) is 36.8 Å². The molecule has 6 heteroatoms. The van der Waals surface area contributed by atoms with Crippen molar-refractivity contribution in [1.29, 1.82) is 0 Å². The van der Waals surface area contributed by atoms with Crippen LogP contribution in [0.15, 0.2) is 59.8 Å². The van der Waals surface area contributed by atoms with Crippen LogP contribution in [-0.2, 0) is 4.79 Å². The van der Waals surface area contributed by atoms with Crippen LogP contribution >= 0.6 is 11.6 Å². The summed E-state index contributed by atoms with van der Waals surface area (Å²) in [5.41, 5.74) is 4.13. The Morgan fingerprint density at radius 3 is 2.35 bits per heavy atom. The molecule has 2 heterocycles. The lowest BCUT2D eigenvalue weighted by atomic mass is 9.96. The number of nitrogens with zero attached hydrogens (tertiary/aromatic N) is 2. The van der Waals surface area contributed by atoms with Gasteiger partial charge in [0, 0.05) is 17.8 Å². The molecule has 0 radical (unpaired) electrons. The number of carbonyl (C=O) groups is 2. The van der Waals surface area contributed by atoms with Gasteiger partial charge in [0.25, 0.3) is 5.91 Å². The van der Waals surface area contributed by atoms with Gasteiger partial charge in [-0.3, -0.25) is 9.69 Å². The molecule has 2 aromatic carbocycles. The van der Waals surface area contributed by atoms with Crippen LogP contribution in [0.3, 0.4) is 0 Å². The number of nitrogens with one attached hydrogen (secondary N) is 1. The second-order valence-electron chi connectivity index (χ2n) is 6.58. The molecule has 0 saturated carbocycles. The Morgan fingerprint density at radius 1 is 1.04 bits per heavy atom. The molecule has 4 rings (SSSR count). The number of anilines is 1. The van der Waals surface area contributed by atoms with Crippen LogP contribution in [0.25, 0.3) is 0 Å². The van der Waals surface area contributed by atoms with Crippen molar-refractivity contribution >= 4 is 29.2 Å². The highest BCUT2D eigenvalue weighted by atomic mass is 35.5. The van der Waals surface area contributed by atoms with Crippen molar-refractivity contribution in [3.05, 3.63) is 76.0 Å². The maximum absolute atomic E-state index is 13.2. The van der Waals surface area contributed by atoms with E-state index in [1.807, 2.05) is 43.3 Å². The monoisotopic (exact) mass is 367 g/mol. The van der Waals surface area contributed by atoms with Crippen LogP contribution < -0.4 is 10.2 Å². The van der Waals surface area contributed by atoms with E-state index in [0.717, 1.165) is 22.5 Å². The van der Waals surface area contributed by atoms with Gasteiger partial charge < -0.3 is 10.2 Å². The average molecular weight is 368 g/mol. The predicted molar refractivity (Wildman–Crippen MR) is 101 cm³/mol. The van der Waals surface area contributed by atoms with Crippen molar-refractivity contribution in [1.82, 2.24) is 10.2 Å². The predicted octanol–water partition coefficient (Wildman–Crippen LogP) is 3.65. The molecular weight excluding hydrogens is 350 g/mol. The maximum atomic E-state index is 13.2. The number of likely N-dealkylation sites (N-methyl/N-ethyl adjacent to an activating group) is 1. The first-order chi connectivity index (χ1) is 12.5. The molecule has 2 aromatic rings. The van der Waals surface area contributed by atoms with E-state index in [4.69, 9.17) is 11.6 Å². The van der Waals surface area contributed by atoms with Gasteiger partial charge in [0.1, 0.15) is 0 Å². The van der Waals surface area contributed by atoms with E-state index in [1.165, 1.54) is 4.90 Å². The summed E-state index contributed by atoms with van der Waals surface area (Å²) in [4.78, 5) is 28.8. The van der Waals surface area contributed by atoms with Gasteiger partial charge in [-0.15, -0.1) is 0 Å². The molecule has 0 aromatic heterocycles. The summed E-state index contributed by atoms with van der Waals surface area (Å²) in [6, 6.07) is 14.3. The smallest absolute Gasteiger partial charge is 0.322 e. The van der Waals surface area contributed by atoms with Crippen LogP contribution in [-0.4, -0.2) is 30.4 Å². The third kappa shape index (κ3) is 2.65. The van der Waals surface area contributed by atoms with Crippen LogP contribution in [0.1, 0.15) is 17.2 Å². The molecule has 0 spiro atoms. The minimum absolute atomic E-state index is 0.0874. The summed E-state index contributed by atoms with van der Waals surface area (Å²) in [5.74, 6) is -0.0874. The fourth-order valence-corrected chi connectivity index (χ4v) is 3.53. The highest BCUT2D eigenvalue weighted by Crippen LogP contribution is 2.37. The zero-order valence-corrected chi connectivity index (χ0v) is 15.2. The van der Waals surface area contributed by atoms with Gasteiger partial charge in [0.05, 0.1) is 23.9 Å². The molecule has 0 aliphatic carbocycles. The van der Waals surface area contributed by atoms with E-state index >= 15 is 0 Å². The first-order valence-corrected chi connectivity index (χ1v) is 8.75. The van der Waals surface area contributed by atoms with Crippen molar-refractivity contribution in [3.8, 4) is 0 Å². The fourth-order valence-electron chi connectivity index (χ4n) is 3.41. The lowest BCUT2D eigenvalue weighted by Crippen LogP contribution is -2.45. The minimum Gasteiger partial charge on any atom is -0.327 e. The molecule has 2 aliphatic heterocycles. The van der Waals surface area contributed by atoms with Crippen LogP contribution in [0.2, 0.25) is 5.02 Å². The van der Waals surface area contributed by atoms with E-state index < -0.39 is 6.04 Å². The zero-order chi connectivity index (χ0) is 18.4. The Kier molecular flexibility index (Phi) is 3.96. The summed E-state index contributed by atoms with van der Waals surface area (Å²) in [6.07, 6.45) is 0. The number of carbonyl (C=O) groups excluding carboxylic acids is 2. The lowest BCUT2D eigenvalue weighted by molar-refractivity contribution is -0.114. The largest absolute Gasteiger partial charge is 0.327 e. The van der Waals surface area contributed by atoms with Crippen molar-refractivity contribution < 1.29 is 9.59 Å². The molecule has 5 nitrogen and oxygen atoms in total. The molecule has 1 atom stereocenters. The van der Waals surface area contributed by atoms with Crippen LogP contribution in [0.4, 0.5) is 10.5 Å². The van der Waals surface area contributed by atoms with Crippen LogP contribution in [0, 0.1) is 6.92 Å². The molecule has 0 unspecified atom stereocenters. The number of amides is 3. The molecule has 26 heavy (non-hydrogen) atoms. The first-order valence-electron chi connectivity index (χ1n) is 8.37. The summed E-state index contributed by atoms with van der Waals surface area (Å²) < 4.78 is 0. The average Bonchev–Trinajstić information content (AvgIpc) is 2.97. The topological polar surface area (TPSA) is 52.7 Å². The highest BCUT2D eigenvalue weighted by molar-refractivity contribution is 6.30. The maximum Gasteiger partial charge on any atom is 0.322 e. The number of halogens is 1. The van der Waals surface area contributed by atoms with E-state index in [9.17, 15) is 9.59 Å². The third-order valence-corrected chi connectivity index (χ3v) is 5.16. The zero-order valence-electron chi connectivity index (χ0n) is 14.5. The van der Waals surface area contributed by atoms with E-state index in [2.05, 4.69) is 5.32 Å². The van der Waals surface area contributed by atoms with E-state index in [1.54, 1.807) is 24.1 Å². The third-order valence-electron chi connectivity index (χ3n) is 4.91. The molecule has 132 valence electrons. The van der Waals surface area contributed by atoms with Gasteiger partial charge in [0.15, 0.2) is 0 Å². The van der Waals surface area contributed by atoms with Crippen molar-refractivity contribution in [2.75, 3.05) is 18.5 Å². The first kappa shape index (κ1) is 16.7. The summed E-state index contributed by atoms with van der Waals surface area (Å²) in [7, 11) is 1.69. The second-order valence-corrected chi connectivity index (χ2v) is 7.02. The quantitative estimate of drug-likeness (QED) is 0.880. The minimum atomic E-state index is -0.478. The number of hydrogen-bond donors (Lipinski definition) is 1. The number of benzene rings is 2. The normalized spacial score (nSPS) is 19.7. The Balaban J connectivity index is 1.75. The molecular formula is C20H18ClN3O2. The van der Waals surface area contributed by atoms with Gasteiger partial charge in [-0.25, -0.2) is 4.79 Å². The number of aryl methyl sites for hydroxylation is 1.